The van der Waals surface area contributed by atoms with Crippen LogP contribution in [0.1, 0.15) is 32.3 Å². The van der Waals surface area contributed by atoms with Gasteiger partial charge in [0.05, 0.1) is 24.7 Å². The Morgan fingerprint density at radius 3 is 2.52 bits per heavy atom. The molecule has 0 saturated heterocycles. The van der Waals surface area contributed by atoms with E-state index in [0.717, 1.165) is 5.56 Å². The fourth-order valence-electron chi connectivity index (χ4n) is 3.50. The third-order valence-electron chi connectivity index (χ3n) is 5.52. The van der Waals surface area contributed by atoms with Gasteiger partial charge < -0.3 is 25.4 Å². The monoisotopic (exact) mass is 455 g/mol. The van der Waals surface area contributed by atoms with Crippen LogP contribution in [0.3, 0.4) is 0 Å². The number of phenolic OH excluding ortho intramolecular Hbond substituents is 1. The molecular weight excluding hydrogens is 422 g/mol. The van der Waals surface area contributed by atoms with E-state index in [1.807, 2.05) is 6.08 Å². The number of ether oxygens (including phenoxy) is 1. The van der Waals surface area contributed by atoms with Crippen LogP contribution in [-0.4, -0.2) is 52.4 Å². The van der Waals surface area contributed by atoms with Crippen molar-refractivity contribution in [1.82, 2.24) is 0 Å². The Bertz CT molecular complexity index is 946. The molecule has 1 amide bonds. The van der Waals surface area contributed by atoms with Crippen molar-refractivity contribution < 1.29 is 29.6 Å². The van der Waals surface area contributed by atoms with Gasteiger partial charge in [-0.1, -0.05) is 43.4 Å². The summed E-state index contributed by atoms with van der Waals surface area (Å²) in [6.07, 6.45) is 9.61. The number of rotatable bonds is 1. The van der Waals surface area contributed by atoms with Gasteiger partial charge in [0.2, 0.25) is 5.91 Å². The fourth-order valence-corrected chi connectivity index (χ4v) is 3.50. The Kier molecular flexibility index (Phi) is 10.3. The van der Waals surface area contributed by atoms with E-state index < -0.39 is 24.2 Å². The maximum absolute atomic E-state index is 12.5. The minimum Gasteiger partial charge on any atom is -0.508 e. The number of anilines is 1. The number of carbonyl (C=O) groups is 2. The molecule has 178 valence electrons. The summed E-state index contributed by atoms with van der Waals surface area (Å²) in [5.41, 5.74) is 1.94. The highest BCUT2D eigenvalue weighted by Gasteiger charge is 2.22. The highest BCUT2D eigenvalue weighted by atomic mass is 16.5. The number of hydrogen-bond donors (Lipinski definition) is 4. The third kappa shape index (κ3) is 8.46. The number of allylic oxidation sites excluding steroid dienone is 6. The Labute approximate surface area is 194 Å². The van der Waals surface area contributed by atoms with Gasteiger partial charge in [0.15, 0.2) is 5.78 Å². The lowest BCUT2D eigenvalue weighted by atomic mass is 9.93. The number of hydrogen-bond acceptors (Lipinski definition) is 6. The number of amides is 1. The molecule has 0 saturated carbocycles. The molecule has 1 aromatic carbocycles. The first kappa shape index (κ1) is 26.3. The van der Waals surface area contributed by atoms with Crippen LogP contribution in [0.4, 0.5) is 5.69 Å². The van der Waals surface area contributed by atoms with Crippen LogP contribution in [0, 0.1) is 5.92 Å². The summed E-state index contributed by atoms with van der Waals surface area (Å²) in [7, 11) is 1.41. The molecule has 7 heteroatoms. The largest absolute Gasteiger partial charge is 0.508 e. The lowest BCUT2D eigenvalue weighted by Crippen LogP contribution is -2.31. The molecule has 4 atom stereocenters. The average molecular weight is 456 g/mol. The molecule has 33 heavy (non-hydrogen) atoms. The lowest BCUT2D eigenvalue weighted by Gasteiger charge is -2.18. The number of aryl methyl sites for hydroxylation is 1. The number of methoxy groups -OCH3 is 1. The summed E-state index contributed by atoms with van der Waals surface area (Å²) in [5.74, 6) is -1.13. The molecule has 0 aromatic heterocycles. The van der Waals surface area contributed by atoms with Crippen molar-refractivity contribution in [3.63, 3.8) is 0 Å². The molecule has 0 aliphatic carbocycles. The molecule has 1 aliphatic rings. The van der Waals surface area contributed by atoms with Crippen molar-refractivity contribution in [2.45, 2.75) is 51.4 Å². The van der Waals surface area contributed by atoms with E-state index >= 15 is 0 Å². The number of phenols is 1. The first-order chi connectivity index (χ1) is 15.7. The second-order valence-electron chi connectivity index (χ2n) is 8.16. The molecule has 2 bridgehead atoms. The van der Waals surface area contributed by atoms with Crippen LogP contribution in [0.5, 0.6) is 5.75 Å². The minimum atomic E-state index is -1.02. The Hall–Kier alpha value is -3.00. The molecule has 1 heterocycles. The van der Waals surface area contributed by atoms with E-state index in [1.54, 1.807) is 50.3 Å². The van der Waals surface area contributed by atoms with E-state index in [9.17, 15) is 24.9 Å². The molecular formula is C26H33NO6. The van der Waals surface area contributed by atoms with Crippen LogP contribution in [0.25, 0.3) is 0 Å². The maximum Gasteiger partial charge on any atom is 0.227 e. The maximum atomic E-state index is 12.5. The van der Waals surface area contributed by atoms with Crippen molar-refractivity contribution in [2.75, 3.05) is 12.4 Å². The van der Waals surface area contributed by atoms with Gasteiger partial charge in [-0.2, -0.15) is 0 Å². The minimum absolute atomic E-state index is 0.0194. The Morgan fingerprint density at radius 1 is 1.06 bits per heavy atom. The van der Waals surface area contributed by atoms with Crippen molar-refractivity contribution in [2.24, 2.45) is 5.92 Å². The summed E-state index contributed by atoms with van der Waals surface area (Å²) in [5, 5.41) is 33.6. The molecule has 0 fully saturated rings. The highest BCUT2D eigenvalue weighted by molar-refractivity contribution is 5.92. The normalized spacial score (nSPS) is 30.3. The number of fused-ring (bicyclic) bond motifs is 2. The molecule has 1 aliphatic heterocycles. The Morgan fingerprint density at radius 2 is 1.79 bits per heavy atom. The van der Waals surface area contributed by atoms with E-state index in [4.69, 9.17) is 4.74 Å². The molecule has 4 N–H and O–H groups in total. The number of aliphatic hydroxyl groups excluding tert-OH is 2. The van der Waals surface area contributed by atoms with Crippen molar-refractivity contribution >= 4 is 17.4 Å². The molecule has 0 radical (unpaired) electrons. The number of aromatic hydroxyl groups is 1. The number of nitrogens with one attached hydrogen (secondary N) is 1. The van der Waals surface area contributed by atoms with Gasteiger partial charge in [-0.05, 0) is 49.1 Å². The summed E-state index contributed by atoms with van der Waals surface area (Å²) < 4.78 is 5.26. The number of benzene rings is 1. The quantitative estimate of drug-likeness (QED) is 0.483. The fraction of sp³-hybridized carbons (Fsp3) is 0.385. The van der Waals surface area contributed by atoms with Gasteiger partial charge in [-0.15, -0.1) is 0 Å². The molecule has 2 rings (SSSR count). The Balaban J connectivity index is 2.31. The van der Waals surface area contributed by atoms with Gasteiger partial charge in [-0.3, -0.25) is 9.59 Å². The number of ketones is 1. The van der Waals surface area contributed by atoms with Crippen LogP contribution in [-0.2, 0) is 20.7 Å². The van der Waals surface area contributed by atoms with Gasteiger partial charge in [0, 0.05) is 24.8 Å². The van der Waals surface area contributed by atoms with E-state index in [1.165, 1.54) is 25.3 Å². The summed E-state index contributed by atoms with van der Waals surface area (Å²) in [6, 6.07) is 4.83. The van der Waals surface area contributed by atoms with Crippen LogP contribution < -0.4 is 5.32 Å². The summed E-state index contributed by atoms with van der Waals surface area (Å²) in [4.78, 5) is 24.8. The summed E-state index contributed by atoms with van der Waals surface area (Å²) in [6.45, 7) is 3.46. The van der Waals surface area contributed by atoms with Gasteiger partial charge in [0.1, 0.15) is 5.75 Å². The van der Waals surface area contributed by atoms with Crippen LogP contribution in [0.15, 0.2) is 66.3 Å². The second kappa shape index (κ2) is 12.9. The average Bonchev–Trinajstić information content (AvgIpc) is 2.77. The van der Waals surface area contributed by atoms with Crippen molar-refractivity contribution in [1.29, 1.82) is 0 Å². The highest BCUT2D eigenvalue weighted by Crippen LogP contribution is 2.22. The third-order valence-corrected chi connectivity index (χ3v) is 5.52. The summed E-state index contributed by atoms with van der Waals surface area (Å²) >= 11 is 0. The zero-order valence-corrected chi connectivity index (χ0v) is 19.3. The first-order valence-corrected chi connectivity index (χ1v) is 10.9. The van der Waals surface area contributed by atoms with Gasteiger partial charge in [0.25, 0.3) is 0 Å². The zero-order valence-electron chi connectivity index (χ0n) is 19.3. The van der Waals surface area contributed by atoms with Crippen LogP contribution in [0.2, 0.25) is 0 Å². The SMILES string of the molecule is CO[C@H]1CC(=O)Nc2cc(O)cc(c2)CC/C=C(/C)[C@@H](O)[C@@H](C)C(=O)/C=C/C=C/C=C\[C@H]1O. The van der Waals surface area contributed by atoms with Crippen molar-refractivity contribution in [3.05, 3.63) is 71.9 Å². The van der Waals surface area contributed by atoms with Gasteiger partial charge in [-0.25, -0.2) is 0 Å². The molecule has 1 aromatic rings. The van der Waals surface area contributed by atoms with Crippen molar-refractivity contribution in [3.8, 4) is 5.75 Å². The lowest BCUT2D eigenvalue weighted by molar-refractivity contribution is -0.121. The second-order valence-corrected chi connectivity index (χ2v) is 8.16. The van der Waals surface area contributed by atoms with E-state index in [2.05, 4.69) is 5.32 Å². The van der Waals surface area contributed by atoms with E-state index in [0.29, 0.717) is 24.1 Å². The van der Waals surface area contributed by atoms with Gasteiger partial charge >= 0.3 is 0 Å². The molecule has 7 nitrogen and oxygen atoms in total. The predicted molar refractivity (Wildman–Crippen MR) is 128 cm³/mol. The predicted octanol–water partition coefficient (Wildman–Crippen LogP) is 3.22. The molecule has 0 unspecified atom stereocenters. The molecule has 0 spiro atoms. The smallest absolute Gasteiger partial charge is 0.227 e. The zero-order chi connectivity index (χ0) is 24.4. The van der Waals surface area contributed by atoms with Crippen LogP contribution >= 0.6 is 0 Å². The topological polar surface area (TPSA) is 116 Å². The standard InChI is InChI=1S/C26H33NO6/c1-17-9-8-10-19-13-20(15-21(28)14-19)27-25(31)16-24(33-3)23(30)12-7-5-4-6-11-22(29)18(2)26(17)32/h4-7,9,11-15,18,23-24,26,28,30,32H,8,10,16H2,1-3H3,(H,27,31)/b5-4+,11-6+,12-7-,17-9-/t18-,23+,24-,26+/m0/s1. The number of aliphatic hydroxyl groups is 2. The first-order valence-electron chi connectivity index (χ1n) is 10.9. The number of carbonyl (C=O) groups excluding carboxylic acids is 2. The van der Waals surface area contributed by atoms with E-state index in [-0.39, 0.29) is 23.9 Å².